The molecule has 0 radical (unpaired) electrons. The van der Waals surface area contributed by atoms with Gasteiger partial charge in [-0.2, -0.15) is 5.26 Å². The molecule has 2 atom stereocenters. The lowest BCUT2D eigenvalue weighted by Crippen LogP contribution is -2.30. The first-order chi connectivity index (χ1) is 9.76. The number of benzene rings is 1. The smallest absolute Gasteiger partial charge is 0.174 e. The van der Waals surface area contributed by atoms with E-state index in [0.717, 1.165) is 24.0 Å². The second kappa shape index (κ2) is 5.72. The Hall–Kier alpha value is -1.73. The summed E-state index contributed by atoms with van der Waals surface area (Å²) in [5.74, 6) is 0.747. The Morgan fingerprint density at radius 2 is 2.10 bits per heavy atom. The highest BCUT2D eigenvalue weighted by Crippen LogP contribution is 2.34. The van der Waals surface area contributed by atoms with Crippen LogP contribution in [0.1, 0.15) is 26.2 Å². The third-order valence-corrected chi connectivity index (χ3v) is 4.17. The fourth-order valence-corrected chi connectivity index (χ4v) is 3.07. The van der Waals surface area contributed by atoms with Crippen molar-refractivity contribution in [1.29, 1.82) is 5.26 Å². The molecule has 1 aromatic rings. The zero-order chi connectivity index (χ0) is 13.9. The van der Waals surface area contributed by atoms with Gasteiger partial charge in [0.2, 0.25) is 0 Å². The molecule has 0 amide bonds. The number of ether oxygens (including phenoxy) is 1. The van der Waals surface area contributed by atoms with E-state index in [9.17, 15) is 0 Å². The largest absolute Gasteiger partial charge is 0.479 e. The number of nitriles is 1. The third-order valence-electron chi connectivity index (χ3n) is 4.17. The normalized spacial score (nSPS) is 26.2. The van der Waals surface area contributed by atoms with Crippen molar-refractivity contribution in [2.24, 2.45) is 0 Å². The number of nitrogens with one attached hydrogen (secondary N) is 1. The summed E-state index contributed by atoms with van der Waals surface area (Å²) < 4.78 is 5.26. The van der Waals surface area contributed by atoms with Gasteiger partial charge in [-0.15, -0.1) is 0 Å². The first kappa shape index (κ1) is 13.3. The van der Waals surface area contributed by atoms with E-state index in [0.29, 0.717) is 12.1 Å². The predicted molar refractivity (Wildman–Crippen MR) is 78.8 cm³/mol. The number of likely N-dealkylation sites (tertiary alicyclic amines) is 1. The molecule has 2 unspecified atom stereocenters. The lowest BCUT2D eigenvalue weighted by atomic mass is 10.2. The van der Waals surface area contributed by atoms with E-state index < -0.39 is 0 Å². The van der Waals surface area contributed by atoms with Crippen molar-refractivity contribution in [1.82, 2.24) is 4.90 Å². The Morgan fingerprint density at radius 3 is 2.75 bits per heavy atom. The Bertz CT molecular complexity index is 489. The molecule has 1 heterocycles. The minimum atomic E-state index is 0.100. The fourth-order valence-electron chi connectivity index (χ4n) is 3.07. The standard InChI is InChI=1S/C16H21N3O/c1-12-10-14(11-19(12)15-4-5-15)18-13-2-6-16(7-3-13)20-9-8-17/h2-3,6-7,12,14-15,18H,4-5,9-11H2,1H3. The molecule has 4 nitrogen and oxygen atoms in total. The van der Waals surface area contributed by atoms with E-state index >= 15 is 0 Å². The van der Waals surface area contributed by atoms with Crippen LogP contribution in [0.15, 0.2) is 24.3 Å². The van der Waals surface area contributed by atoms with Gasteiger partial charge in [-0.25, -0.2) is 0 Å². The van der Waals surface area contributed by atoms with E-state index in [2.05, 4.69) is 17.1 Å². The summed E-state index contributed by atoms with van der Waals surface area (Å²) in [5, 5.41) is 12.1. The van der Waals surface area contributed by atoms with Crippen LogP contribution in [0.2, 0.25) is 0 Å². The number of nitrogens with zero attached hydrogens (tertiary/aromatic N) is 2. The monoisotopic (exact) mass is 271 g/mol. The van der Waals surface area contributed by atoms with Gasteiger partial charge in [0.05, 0.1) is 0 Å². The second-order valence-electron chi connectivity index (χ2n) is 5.83. The molecule has 1 N–H and O–H groups in total. The molecule has 2 fully saturated rings. The van der Waals surface area contributed by atoms with Crippen LogP contribution < -0.4 is 10.1 Å². The zero-order valence-corrected chi connectivity index (χ0v) is 11.9. The highest BCUT2D eigenvalue weighted by atomic mass is 16.5. The maximum atomic E-state index is 8.48. The first-order valence-electron chi connectivity index (χ1n) is 7.38. The van der Waals surface area contributed by atoms with Gasteiger partial charge in [-0.05, 0) is 50.5 Å². The quantitative estimate of drug-likeness (QED) is 0.894. The topological polar surface area (TPSA) is 48.3 Å². The summed E-state index contributed by atoms with van der Waals surface area (Å²) in [6.07, 6.45) is 3.97. The Balaban J connectivity index is 1.54. The Morgan fingerprint density at radius 1 is 1.35 bits per heavy atom. The zero-order valence-electron chi connectivity index (χ0n) is 11.9. The third kappa shape index (κ3) is 3.05. The van der Waals surface area contributed by atoms with E-state index in [-0.39, 0.29) is 6.61 Å². The van der Waals surface area contributed by atoms with E-state index in [1.165, 1.54) is 19.3 Å². The lowest BCUT2D eigenvalue weighted by molar-refractivity contribution is 0.257. The average Bonchev–Trinajstić information content (AvgIpc) is 3.23. The minimum absolute atomic E-state index is 0.100. The van der Waals surface area contributed by atoms with E-state index in [1.54, 1.807) is 0 Å². The molecule has 0 spiro atoms. The lowest BCUT2D eigenvalue weighted by Gasteiger charge is -2.20. The van der Waals surface area contributed by atoms with Crippen LogP contribution in [0.4, 0.5) is 5.69 Å². The molecule has 1 aliphatic heterocycles. The SMILES string of the molecule is CC1CC(Nc2ccc(OCC#N)cc2)CN1C1CC1. The molecule has 0 aromatic heterocycles. The van der Waals surface area contributed by atoms with Gasteiger partial charge < -0.3 is 10.1 Å². The van der Waals surface area contributed by atoms with Crippen LogP contribution in [-0.4, -0.2) is 36.2 Å². The summed E-state index contributed by atoms with van der Waals surface area (Å²) in [4.78, 5) is 2.64. The molecule has 1 aliphatic carbocycles. The maximum absolute atomic E-state index is 8.48. The average molecular weight is 271 g/mol. The minimum Gasteiger partial charge on any atom is -0.479 e. The Kier molecular flexibility index (Phi) is 3.79. The van der Waals surface area contributed by atoms with E-state index in [4.69, 9.17) is 10.00 Å². The van der Waals surface area contributed by atoms with Crippen molar-refractivity contribution >= 4 is 5.69 Å². The van der Waals surface area contributed by atoms with Crippen molar-refractivity contribution < 1.29 is 4.74 Å². The molecule has 0 bridgehead atoms. The fraction of sp³-hybridized carbons (Fsp3) is 0.562. The van der Waals surface area contributed by atoms with Gasteiger partial charge in [-0.3, -0.25) is 4.90 Å². The molecule has 2 aliphatic rings. The first-order valence-corrected chi connectivity index (χ1v) is 7.38. The second-order valence-corrected chi connectivity index (χ2v) is 5.83. The van der Waals surface area contributed by atoms with Gasteiger partial charge in [0.15, 0.2) is 6.61 Å². The van der Waals surface area contributed by atoms with Crippen LogP contribution in [0.25, 0.3) is 0 Å². The van der Waals surface area contributed by atoms with Crippen LogP contribution >= 0.6 is 0 Å². The van der Waals surface area contributed by atoms with Crippen molar-refractivity contribution in [2.75, 3.05) is 18.5 Å². The van der Waals surface area contributed by atoms with Crippen LogP contribution in [0, 0.1) is 11.3 Å². The summed E-state index contributed by atoms with van der Waals surface area (Å²) in [6.45, 7) is 3.58. The molecule has 1 saturated carbocycles. The number of hydrogen-bond donors (Lipinski definition) is 1. The van der Waals surface area contributed by atoms with E-state index in [1.807, 2.05) is 30.3 Å². The van der Waals surface area contributed by atoms with Gasteiger partial charge in [0.25, 0.3) is 0 Å². The number of rotatable bonds is 5. The molecular formula is C16H21N3O. The van der Waals surface area contributed by atoms with Crippen LogP contribution in [0.3, 0.4) is 0 Å². The number of hydrogen-bond acceptors (Lipinski definition) is 4. The maximum Gasteiger partial charge on any atom is 0.174 e. The summed E-state index contributed by atoms with van der Waals surface area (Å²) in [6, 6.07) is 11.9. The molecular weight excluding hydrogens is 250 g/mol. The number of anilines is 1. The van der Waals surface area contributed by atoms with Crippen LogP contribution in [-0.2, 0) is 0 Å². The highest BCUT2D eigenvalue weighted by molar-refractivity contribution is 5.47. The highest BCUT2D eigenvalue weighted by Gasteiger charge is 2.38. The van der Waals surface area contributed by atoms with Gasteiger partial charge in [0, 0.05) is 30.4 Å². The van der Waals surface area contributed by atoms with Crippen molar-refractivity contribution in [3.05, 3.63) is 24.3 Å². The van der Waals surface area contributed by atoms with Crippen molar-refractivity contribution in [3.63, 3.8) is 0 Å². The van der Waals surface area contributed by atoms with Gasteiger partial charge in [0.1, 0.15) is 11.8 Å². The molecule has 4 heteroatoms. The molecule has 106 valence electrons. The predicted octanol–water partition coefficient (Wildman–Crippen LogP) is 2.63. The van der Waals surface area contributed by atoms with Gasteiger partial charge >= 0.3 is 0 Å². The summed E-state index contributed by atoms with van der Waals surface area (Å²) in [5.41, 5.74) is 1.13. The summed E-state index contributed by atoms with van der Waals surface area (Å²) in [7, 11) is 0. The van der Waals surface area contributed by atoms with Crippen molar-refractivity contribution in [3.8, 4) is 11.8 Å². The van der Waals surface area contributed by atoms with Crippen LogP contribution in [0.5, 0.6) is 5.75 Å². The van der Waals surface area contributed by atoms with Crippen molar-refractivity contribution in [2.45, 2.75) is 44.3 Å². The molecule has 20 heavy (non-hydrogen) atoms. The molecule has 1 saturated heterocycles. The molecule has 3 rings (SSSR count). The Labute approximate surface area is 120 Å². The van der Waals surface area contributed by atoms with Gasteiger partial charge in [-0.1, -0.05) is 0 Å². The summed E-state index contributed by atoms with van der Waals surface area (Å²) >= 11 is 0. The molecule has 1 aromatic carbocycles.